The minimum absolute atomic E-state index is 0.150. The zero-order chi connectivity index (χ0) is 21.4. The van der Waals surface area contributed by atoms with E-state index in [2.05, 4.69) is 20.6 Å². The van der Waals surface area contributed by atoms with Crippen LogP contribution in [0, 0.1) is 6.92 Å². The normalized spacial score (nSPS) is 13.7. The molecule has 0 spiro atoms. The number of carbonyl (C=O) groups is 1. The molecule has 7 nitrogen and oxygen atoms in total. The van der Waals surface area contributed by atoms with E-state index in [1.165, 1.54) is 11.3 Å². The molecule has 2 aromatic rings. The zero-order valence-electron chi connectivity index (χ0n) is 17.0. The monoisotopic (exact) mass is 438 g/mol. The summed E-state index contributed by atoms with van der Waals surface area (Å²) < 4.78 is 5.07. The number of aryl methyl sites for hydroxylation is 1. The molecule has 0 aliphatic carbocycles. The van der Waals surface area contributed by atoms with Gasteiger partial charge < -0.3 is 20.5 Å². The van der Waals surface area contributed by atoms with Gasteiger partial charge in [0.15, 0.2) is 5.96 Å². The van der Waals surface area contributed by atoms with Gasteiger partial charge in [-0.05, 0) is 33.8 Å². The second kappa shape index (κ2) is 11.1. The number of nitrogens with zero attached hydrogens (tertiary/aromatic N) is 2. The summed E-state index contributed by atoms with van der Waals surface area (Å²) in [6.07, 6.45) is -0.813. The molecule has 0 saturated heterocycles. The number of aliphatic imine (C=N–C) groups is 1. The molecule has 0 fully saturated rings. The van der Waals surface area contributed by atoms with Crippen LogP contribution in [0.1, 0.15) is 58.9 Å². The fourth-order valence-electron chi connectivity index (χ4n) is 2.60. The molecule has 0 amide bonds. The van der Waals surface area contributed by atoms with Crippen LogP contribution in [0.5, 0.6) is 0 Å². The Labute approximate surface area is 180 Å². The van der Waals surface area contributed by atoms with Crippen molar-refractivity contribution in [2.45, 2.75) is 39.8 Å². The van der Waals surface area contributed by atoms with E-state index in [1.54, 1.807) is 26.0 Å². The average Bonchev–Trinajstić information content (AvgIpc) is 3.08. The molecule has 3 N–H and O–H groups in total. The largest absolute Gasteiger partial charge is 0.462 e. The van der Waals surface area contributed by atoms with Crippen molar-refractivity contribution < 1.29 is 14.6 Å². The maximum atomic E-state index is 12.0. The second-order valence-electron chi connectivity index (χ2n) is 6.31. The molecule has 0 saturated carbocycles. The molecular formula is C20H27ClN4O3S. The number of ether oxygens (including phenoxy) is 1. The lowest BCUT2D eigenvalue weighted by atomic mass is 10.1. The van der Waals surface area contributed by atoms with E-state index in [4.69, 9.17) is 16.3 Å². The van der Waals surface area contributed by atoms with E-state index >= 15 is 0 Å². The third-order valence-electron chi connectivity index (χ3n) is 4.03. The number of aliphatic hydroxyl groups is 1. The minimum Gasteiger partial charge on any atom is -0.462 e. The summed E-state index contributed by atoms with van der Waals surface area (Å²) in [5.41, 5.74) is 1.28. The van der Waals surface area contributed by atoms with Gasteiger partial charge in [-0.25, -0.2) is 9.78 Å². The number of guanidine groups is 1. The fourth-order valence-corrected chi connectivity index (χ4v) is 3.82. The quantitative estimate of drug-likeness (QED) is 0.331. The van der Waals surface area contributed by atoms with Gasteiger partial charge in [-0.2, -0.15) is 0 Å². The molecule has 158 valence electrons. The highest BCUT2D eigenvalue weighted by molar-refractivity contribution is 7.13. The number of halogens is 1. The Hall–Kier alpha value is -2.16. The summed E-state index contributed by atoms with van der Waals surface area (Å²) in [7, 11) is 0. The third kappa shape index (κ3) is 6.42. The summed E-state index contributed by atoms with van der Waals surface area (Å²) in [6, 6.07) is 6.97. The fraction of sp³-hybridized carbons (Fsp3) is 0.450. The van der Waals surface area contributed by atoms with Crippen LogP contribution in [0.15, 0.2) is 29.3 Å². The van der Waals surface area contributed by atoms with Crippen LogP contribution < -0.4 is 10.6 Å². The summed E-state index contributed by atoms with van der Waals surface area (Å²) in [6.45, 7) is 8.59. The topological polar surface area (TPSA) is 95.8 Å². The number of esters is 1. The Morgan fingerprint density at radius 3 is 2.76 bits per heavy atom. The van der Waals surface area contributed by atoms with Crippen molar-refractivity contribution in [3.63, 3.8) is 0 Å². The average molecular weight is 439 g/mol. The number of rotatable bonds is 8. The number of aromatic nitrogens is 1. The molecular weight excluding hydrogens is 412 g/mol. The van der Waals surface area contributed by atoms with Crippen molar-refractivity contribution >= 4 is 34.9 Å². The zero-order valence-corrected chi connectivity index (χ0v) is 18.6. The van der Waals surface area contributed by atoms with Crippen molar-refractivity contribution in [3.8, 4) is 0 Å². The highest BCUT2D eigenvalue weighted by atomic mass is 35.5. The lowest BCUT2D eigenvalue weighted by Crippen LogP contribution is -2.39. The Morgan fingerprint density at radius 2 is 2.10 bits per heavy atom. The van der Waals surface area contributed by atoms with Crippen LogP contribution >= 0.6 is 22.9 Å². The Morgan fingerprint density at radius 1 is 1.38 bits per heavy atom. The molecule has 1 aromatic heterocycles. The first-order chi connectivity index (χ1) is 13.9. The van der Waals surface area contributed by atoms with Gasteiger partial charge in [-0.15, -0.1) is 11.3 Å². The first-order valence-electron chi connectivity index (χ1n) is 9.49. The van der Waals surface area contributed by atoms with E-state index < -0.39 is 6.10 Å². The molecule has 1 heterocycles. The van der Waals surface area contributed by atoms with E-state index in [0.29, 0.717) is 40.3 Å². The first-order valence-corrected chi connectivity index (χ1v) is 10.7. The van der Waals surface area contributed by atoms with E-state index in [9.17, 15) is 9.90 Å². The molecule has 29 heavy (non-hydrogen) atoms. The van der Waals surface area contributed by atoms with Gasteiger partial charge in [0.1, 0.15) is 16.0 Å². The maximum absolute atomic E-state index is 12.0. The Balaban J connectivity index is 2.09. The van der Waals surface area contributed by atoms with Crippen molar-refractivity contribution in [3.05, 3.63) is 50.4 Å². The highest BCUT2D eigenvalue weighted by Crippen LogP contribution is 2.25. The van der Waals surface area contributed by atoms with E-state index in [-0.39, 0.29) is 18.6 Å². The van der Waals surface area contributed by atoms with E-state index in [1.807, 2.05) is 26.0 Å². The number of hydrogen-bond donors (Lipinski definition) is 3. The maximum Gasteiger partial charge on any atom is 0.350 e. The predicted octanol–water partition coefficient (Wildman–Crippen LogP) is 3.63. The van der Waals surface area contributed by atoms with Crippen LogP contribution in [-0.2, 0) is 4.74 Å². The van der Waals surface area contributed by atoms with Gasteiger partial charge in [-0.1, -0.05) is 29.8 Å². The van der Waals surface area contributed by atoms with Crippen molar-refractivity contribution in [2.24, 2.45) is 4.99 Å². The summed E-state index contributed by atoms with van der Waals surface area (Å²) in [4.78, 5) is 21.5. The Bertz CT molecular complexity index is 856. The van der Waals surface area contributed by atoms with Crippen LogP contribution in [0.2, 0.25) is 5.02 Å². The molecule has 2 unspecified atom stereocenters. The lowest BCUT2D eigenvalue weighted by molar-refractivity contribution is 0.0531. The standard InChI is InChI=1S/C20H27ClN4O3S/c1-5-22-20(23-11-16(26)14-9-7-8-10-15(14)21)25-13(4)18-24-12(3)17(29-18)19(27)28-6-2/h7-10,13,16,26H,5-6,11H2,1-4H3,(H2,22,23,25). The van der Waals surface area contributed by atoms with Gasteiger partial charge in [0.05, 0.1) is 24.9 Å². The second-order valence-corrected chi connectivity index (χ2v) is 7.75. The summed E-state index contributed by atoms with van der Waals surface area (Å²) in [5.74, 6) is 0.182. The van der Waals surface area contributed by atoms with Gasteiger partial charge in [-0.3, -0.25) is 4.99 Å². The lowest BCUT2D eigenvalue weighted by Gasteiger charge is -2.17. The van der Waals surface area contributed by atoms with E-state index in [0.717, 1.165) is 5.01 Å². The van der Waals surface area contributed by atoms with Crippen LogP contribution in [0.25, 0.3) is 0 Å². The number of nitrogens with one attached hydrogen (secondary N) is 2. The van der Waals surface area contributed by atoms with Crippen LogP contribution in [-0.4, -0.2) is 41.7 Å². The van der Waals surface area contributed by atoms with Gasteiger partial charge in [0.25, 0.3) is 0 Å². The Kier molecular flexibility index (Phi) is 8.88. The summed E-state index contributed by atoms with van der Waals surface area (Å²) in [5, 5.41) is 18.1. The van der Waals surface area contributed by atoms with Crippen molar-refractivity contribution in [2.75, 3.05) is 19.7 Å². The number of thiazole rings is 1. The van der Waals surface area contributed by atoms with Crippen LogP contribution in [0.4, 0.5) is 0 Å². The highest BCUT2D eigenvalue weighted by Gasteiger charge is 2.20. The first kappa shape index (κ1) is 23.1. The molecule has 0 bridgehead atoms. The molecule has 0 aliphatic rings. The number of hydrogen-bond acceptors (Lipinski definition) is 6. The van der Waals surface area contributed by atoms with Crippen LogP contribution in [0.3, 0.4) is 0 Å². The molecule has 1 aromatic carbocycles. The molecule has 2 atom stereocenters. The molecule has 2 rings (SSSR count). The van der Waals surface area contributed by atoms with Crippen molar-refractivity contribution in [1.82, 2.24) is 15.6 Å². The molecule has 0 aliphatic heterocycles. The summed E-state index contributed by atoms with van der Waals surface area (Å²) >= 11 is 7.44. The number of benzene rings is 1. The molecule has 0 radical (unpaired) electrons. The minimum atomic E-state index is -0.813. The van der Waals surface area contributed by atoms with Gasteiger partial charge in [0.2, 0.25) is 0 Å². The van der Waals surface area contributed by atoms with Crippen molar-refractivity contribution in [1.29, 1.82) is 0 Å². The predicted molar refractivity (Wildman–Crippen MR) is 117 cm³/mol. The third-order valence-corrected chi connectivity index (χ3v) is 5.69. The number of aliphatic hydroxyl groups excluding tert-OH is 1. The smallest absolute Gasteiger partial charge is 0.350 e. The van der Waals surface area contributed by atoms with Gasteiger partial charge in [0, 0.05) is 17.1 Å². The molecule has 9 heteroatoms. The number of carbonyl (C=O) groups excluding carboxylic acids is 1. The SMILES string of the molecule is CCNC(=NCC(O)c1ccccc1Cl)NC(C)c1nc(C)c(C(=O)OCC)s1. The van der Waals surface area contributed by atoms with Gasteiger partial charge >= 0.3 is 5.97 Å².